The highest BCUT2D eigenvalue weighted by atomic mass is 35.5. The van der Waals surface area contributed by atoms with Gasteiger partial charge in [0.2, 0.25) is 0 Å². The Morgan fingerprint density at radius 3 is 2.80 bits per heavy atom. The fourth-order valence-electron chi connectivity index (χ4n) is 3.26. The van der Waals surface area contributed by atoms with Crippen LogP contribution in [0.3, 0.4) is 0 Å². The fourth-order valence-corrected chi connectivity index (χ4v) is 3.47. The number of aryl methyl sites for hydroxylation is 1. The van der Waals surface area contributed by atoms with Crippen LogP contribution in [0.5, 0.6) is 0 Å². The van der Waals surface area contributed by atoms with Gasteiger partial charge in [0.15, 0.2) is 0 Å². The molecule has 1 aliphatic carbocycles. The third kappa shape index (κ3) is 2.32. The molecule has 0 spiro atoms. The van der Waals surface area contributed by atoms with E-state index < -0.39 is 5.41 Å². The van der Waals surface area contributed by atoms with Crippen molar-refractivity contribution >= 4 is 11.6 Å². The van der Waals surface area contributed by atoms with Crippen LogP contribution in [0.4, 0.5) is 0 Å². The van der Waals surface area contributed by atoms with Gasteiger partial charge in [-0.25, -0.2) is 0 Å². The van der Waals surface area contributed by atoms with Gasteiger partial charge in [0.05, 0.1) is 11.5 Å². The summed E-state index contributed by atoms with van der Waals surface area (Å²) in [4.78, 5) is 0. The molecule has 0 aliphatic heterocycles. The monoisotopic (exact) mass is 281 g/mol. The standard InChI is InChI=1S/C18H16ClN/c19-16-8-3-5-14(11-16)12-18(13-20)10-4-7-15-6-1-2-9-17(15)18/h1-3,5-6,8-9,11H,4,7,10,12H2. The van der Waals surface area contributed by atoms with Gasteiger partial charge in [-0.15, -0.1) is 0 Å². The van der Waals surface area contributed by atoms with Gasteiger partial charge in [-0.1, -0.05) is 48.0 Å². The Kier molecular flexibility index (Phi) is 3.51. The Hall–Kier alpha value is -1.78. The van der Waals surface area contributed by atoms with Crippen LogP contribution < -0.4 is 0 Å². The summed E-state index contributed by atoms with van der Waals surface area (Å²) in [7, 11) is 0. The minimum absolute atomic E-state index is 0.403. The van der Waals surface area contributed by atoms with Crippen molar-refractivity contribution in [2.75, 3.05) is 0 Å². The maximum absolute atomic E-state index is 9.84. The maximum atomic E-state index is 9.84. The summed E-state index contributed by atoms with van der Waals surface area (Å²) in [5.74, 6) is 0. The molecule has 0 fully saturated rings. The molecule has 0 saturated carbocycles. The van der Waals surface area contributed by atoms with Gasteiger partial charge in [-0.2, -0.15) is 5.26 Å². The Balaban J connectivity index is 2.03. The first kappa shape index (κ1) is 13.2. The lowest BCUT2D eigenvalue weighted by atomic mass is 9.68. The highest BCUT2D eigenvalue weighted by molar-refractivity contribution is 6.30. The largest absolute Gasteiger partial charge is 0.197 e. The van der Waals surface area contributed by atoms with E-state index in [-0.39, 0.29) is 0 Å². The molecule has 0 N–H and O–H groups in total. The molecule has 0 heterocycles. The molecular formula is C18H16ClN. The van der Waals surface area contributed by atoms with E-state index in [1.165, 1.54) is 11.1 Å². The van der Waals surface area contributed by atoms with Crippen molar-refractivity contribution in [1.82, 2.24) is 0 Å². The molecule has 2 aromatic carbocycles. The number of hydrogen-bond acceptors (Lipinski definition) is 1. The Labute approximate surface area is 124 Å². The minimum Gasteiger partial charge on any atom is -0.197 e. The molecule has 100 valence electrons. The maximum Gasteiger partial charge on any atom is 0.0865 e. The van der Waals surface area contributed by atoms with E-state index in [1.807, 2.05) is 24.3 Å². The van der Waals surface area contributed by atoms with Crippen LogP contribution in [-0.4, -0.2) is 0 Å². The van der Waals surface area contributed by atoms with E-state index in [2.05, 4.69) is 30.3 Å². The molecule has 0 amide bonds. The van der Waals surface area contributed by atoms with Crippen LogP contribution in [0.15, 0.2) is 48.5 Å². The molecule has 0 aromatic heterocycles. The highest BCUT2D eigenvalue weighted by Crippen LogP contribution is 2.39. The number of benzene rings is 2. The molecule has 1 aliphatic rings. The lowest BCUT2D eigenvalue weighted by Gasteiger charge is -2.33. The van der Waals surface area contributed by atoms with Crippen LogP contribution in [0, 0.1) is 11.3 Å². The molecule has 3 rings (SSSR count). The molecule has 0 saturated heterocycles. The van der Waals surface area contributed by atoms with Crippen LogP contribution in [0.25, 0.3) is 0 Å². The van der Waals surface area contributed by atoms with Crippen LogP contribution in [0.2, 0.25) is 5.02 Å². The van der Waals surface area contributed by atoms with Gasteiger partial charge in [-0.05, 0) is 54.5 Å². The van der Waals surface area contributed by atoms with Crippen LogP contribution in [-0.2, 0) is 18.3 Å². The summed E-state index contributed by atoms with van der Waals surface area (Å²) >= 11 is 6.07. The number of halogens is 1. The molecule has 0 bridgehead atoms. The van der Waals surface area contributed by atoms with Crippen molar-refractivity contribution in [3.8, 4) is 6.07 Å². The van der Waals surface area contributed by atoms with E-state index in [9.17, 15) is 5.26 Å². The molecule has 1 atom stereocenters. The minimum atomic E-state index is -0.403. The number of nitriles is 1. The van der Waals surface area contributed by atoms with Crippen LogP contribution >= 0.6 is 11.6 Å². The van der Waals surface area contributed by atoms with Gasteiger partial charge in [-0.3, -0.25) is 0 Å². The molecular weight excluding hydrogens is 266 g/mol. The second kappa shape index (κ2) is 5.31. The molecule has 1 unspecified atom stereocenters. The van der Waals surface area contributed by atoms with E-state index >= 15 is 0 Å². The lowest BCUT2D eigenvalue weighted by Crippen LogP contribution is -2.31. The number of fused-ring (bicyclic) bond motifs is 1. The lowest BCUT2D eigenvalue weighted by molar-refractivity contribution is 0.450. The fraction of sp³-hybridized carbons (Fsp3) is 0.278. The van der Waals surface area contributed by atoms with E-state index in [0.29, 0.717) is 0 Å². The van der Waals surface area contributed by atoms with Crippen LogP contribution in [0.1, 0.15) is 29.5 Å². The predicted octanol–water partition coefficient (Wildman–Crippen LogP) is 4.68. The summed E-state index contributed by atoms with van der Waals surface area (Å²) in [6.07, 6.45) is 3.81. The quantitative estimate of drug-likeness (QED) is 0.784. The normalized spacial score (nSPS) is 21.0. The third-order valence-corrected chi connectivity index (χ3v) is 4.43. The van der Waals surface area contributed by atoms with Gasteiger partial charge in [0, 0.05) is 5.02 Å². The van der Waals surface area contributed by atoms with Gasteiger partial charge in [0.1, 0.15) is 0 Å². The van der Waals surface area contributed by atoms with Crippen molar-refractivity contribution < 1.29 is 0 Å². The molecule has 2 heteroatoms. The SMILES string of the molecule is N#CC1(Cc2cccc(Cl)c2)CCCc2ccccc21. The number of rotatable bonds is 2. The Morgan fingerprint density at radius 2 is 2.00 bits per heavy atom. The number of hydrogen-bond donors (Lipinski definition) is 0. The van der Waals surface area contributed by atoms with Gasteiger partial charge < -0.3 is 0 Å². The Morgan fingerprint density at radius 1 is 1.15 bits per heavy atom. The zero-order valence-electron chi connectivity index (χ0n) is 11.3. The van der Waals surface area contributed by atoms with E-state index in [1.54, 1.807) is 0 Å². The van der Waals surface area contributed by atoms with E-state index in [4.69, 9.17) is 11.6 Å². The molecule has 1 nitrogen and oxygen atoms in total. The van der Waals surface area contributed by atoms with E-state index in [0.717, 1.165) is 36.3 Å². The smallest absolute Gasteiger partial charge is 0.0865 e. The van der Waals surface area contributed by atoms with Crippen molar-refractivity contribution in [2.45, 2.75) is 31.1 Å². The summed E-state index contributed by atoms with van der Waals surface area (Å²) in [5, 5.41) is 10.6. The first-order valence-electron chi connectivity index (χ1n) is 6.98. The molecule has 20 heavy (non-hydrogen) atoms. The third-order valence-electron chi connectivity index (χ3n) is 4.19. The van der Waals surface area contributed by atoms with Crippen molar-refractivity contribution in [2.24, 2.45) is 0 Å². The first-order valence-corrected chi connectivity index (χ1v) is 7.35. The average Bonchev–Trinajstić information content (AvgIpc) is 2.47. The van der Waals surface area contributed by atoms with Gasteiger partial charge >= 0.3 is 0 Å². The average molecular weight is 282 g/mol. The second-order valence-corrected chi connectivity index (χ2v) is 5.95. The zero-order chi connectivity index (χ0) is 14.0. The van der Waals surface area contributed by atoms with Crippen molar-refractivity contribution in [1.29, 1.82) is 5.26 Å². The molecule has 2 aromatic rings. The predicted molar refractivity (Wildman–Crippen MR) is 81.8 cm³/mol. The second-order valence-electron chi connectivity index (χ2n) is 5.51. The first-order chi connectivity index (χ1) is 9.73. The summed E-state index contributed by atoms with van der Waals surface area (Å²) in [6.45, 7) is 0. The highest BCUT2D eigenvalue weighted by Gasteiger charge is 2.36. The summed E-state index contributed by atoms with van der Waals surface area (Å²) in [5.41, 5.74) is 3.26. The topological polar surface area (TPSA) is 23.8 Å². The Bertz CT molecular complexity index is 671. The van der Waals surface area contributed by atoms with Crippen molar-refractivity contribution in [3.63, 3.8) is 0 Å². The van der Waals surface area contributed by atoms with Crippen molar-refractivity contribution in [3.05, 3.63) is 70.2 Å². The molecule has 0 radical (unpaired) electrons. The summed E-state index contributed by atoms with van der Waals surface area (Å²) in [6, 6.07) is 18.8. The number of nitrogens with zero attached hydrogens (tertiary/aromatic N) is 1. The summed E-state index contributed by atoms with van der Waals surface area (Å²) < 4.78 is 0. The van der Waals surface area contributed by atoms with Gasteiger partial charge in [0.25, 0.3) is 0 Å². The zero-order valence-corrected chi connectivity index (χ0v) is 12.0.